The summed E-state index contributed by atoms with van der Waals surface area (Å²) in [7, 11) is 3.63. The Hall–Kier alpha value is -1.38. The molecule has 2 unspecified atom stereocenters. The summed E-state index contributed by atoms with van der Waals surface area (Å²) in [6, 6.07) is 0.0980. The van der Waals surface area contributed by atoms with E-state index in [4.69, 9.17) is 9.47 Å². The molecule has 1 amide bonds. The van der Waals surface area contributed by atoms with Gasteiger partial charge >= 0.3 is 12.1 Å². The van der Waals surface area contributed by atoms with Gasteiger partial charge in [-0.3, -0.25) is 9.69 Å². The number of amides is 1. The lowest BCUT2D eigenvalue weighted by atomic mass is 9.92. The van der Waals surface area contributed by atoms with Crippen LogP contribution in [-0.2, 0) is 14.3 Å². The monoisotopic (exact) mass is 424 g/mol. The van der Waals surface area contributed by atoms with Gasteiger partial charge in [-0.05, 0) is 71.6 Å². The van der Waals surface area contributed by atoms with E-state index in [1.807, 2.05) is 4.90 Å². The number of piperazine rings is 1. The molecule has 2 atom stereocenters. The van der Waals surface area contributed by atoms with E-state index in [2.05, 4.69) is 28.7 Å². The number of esters is 1. The van der Waals surface area contributed by atoms with E-state index in [9.17, 15) is 9.59 Å². The number of cyclic esters (lactones) is 1. The lowest BCUT2D eigenvalue weighted by Crippen LogP contribution is -2.53. The number of likely N-dealkylation sites (tertiary alicyclic amines) is 1. The van der Waals surface area contributed by atoms with Crippen LogP contribution in [-0.4, -0.2) is 110 Å². The van der Waals surface area contributed by atoms with Crippen molar-refractivity contribution in [1.29, 1.82) is 0 Å². The lowest BCUT2D eigenvalue weighted by molar-refractivity contribution is -0.140. The highest BCUT2D eigenvalue weighted by molar-refractivity contribution is 5.70. The van der Waals surface area contributed by atoms with Crippen LogP contribution in [0.2, 0.25) is 0 Å². The summed E-state index contributed by atoms with van der Waals surface area (Å²) < 4.78 is 10.5. The standard InChI is InChI=1S/C22H40N4O4/c1-18-21(25-16-14-24(15-17-25)10-5-7-20(27)29-3)30-22(28)26(18)11-4-6-19-8-12-23(2)13-9-19/h18-19,21H,4-17H2,1-3H3. The van der Waals surface area contributed by atoms with Gasteiger partial charge in [-0.2, -0.15) is 0 Å². The summed E-state index contributed by atoms with van der Waals surface area (Å²) in [5, 5.41) is 0. The van der Waals surface area contributed by atoms with E-state index in [1.54, 1.807) is 0 Å². The second-order valence-corrected chi connectivity index (χ2v) is 9.15. The van der Waals surface area contributed by atoms with Gasteiger partial charge in [0.2, 0.25) is 0 Å². The molecule has 8 nitrogen and oxygen atoms in total. The summed E-state index contributed by atoms with van der Waals surface area (Å²) in [5.74, 6) is 0.662. The highest BCUT2D eigenvalue weighted by Gasteiger charge is 2.42. The van der Waals surface area contributed by atoms with Crippen LogP contribution in [0.4, 0.5) is 4.79 Å². The molecule has 0 N–H and O–H groups in total. The van der Waals surface area contributed by atoms with Crippen molar-refractivity contribution in [2.75, 3.05) is 66.5 Å². The minimum Gasteiger partial charge on any atom is -0.469 e. The minimum atomic E-state index is -0.156. The third-order valence-corrected chi connectivity index (χ3v) is 7.06. The van der Waals surface area contributed by atoms with Crippen LogP contribution in [0.1, 0.15) is 45.4 Å². The van der Waals surface area contributed by atoms with Gasteiger partial charge < -0.3 is 24.2 Å². The molecule has 0 aromatic rings. The summed E-state index contributed by atoms with van der Waals surface area (Å²) in [6.07, 6.45) is 5.84. The van der Waals surface area contributed by atoms with Crippen molar-refractivity contribution < 1.29 is 19.1 Å². The third-order valence-electron chi connectivity index (χ3n) is 7.06. The van der Waals surface area contributed by atoms with Gasteiger partial charge in [-0.15, -0.1) is 0 Å². The number of methoxy groups -OCH3 is 1. The number of piperidine rings is 1. The Bertz CT molecular complexity index is 559. The van der Waals surface area contributed by atoms with Crippen LogP contribution >= 0.6 is 0 Å². The van der Waals surface area contributed by atoms with Crippen LogP contribution in [0, 0.1) is 5.92 Å². The number of hydrogen-bond acceptors (Lipinski definition) is 7. The van der Waals surface area contributed by atoms with E-state index in [1.165, 1.54) is 39.5 Å². The molecule has 0 aromatic carbocycles. The molecule has 3 aliphatic heterocycles. The molecular weight excluding hydrogens is 384 g/mol. The zero-order valence-electron chi connectivity index (χ0n) is 19.1. The molecule has 3 aliphatic rings. The van der Waals surface area contributed by atoms with Crippen molar-refractivity contribution in [3.63, 3.8) is 0 Å². The summed E-state index contributed by atoms with van der Waals surface area (Å²) in [5.41, 5.74) is 0. The fraction of sp³-hybridized carbons (Fsp3) is 0.909. The maximum absolute atomic E-state index is 12.5. The molecule has 30 heavy (non-hydrogen) atoms. The lowest BCUT2D eigenvalue weighted by Gasteiger charge is -2.38. The molecular formula is C22H40N4O4. The number of hydrogen-bond donors (Lipinski definition) is 0. The second kappa shape index (κ2) is 11.3. The van der Waals surface area contributed by atoms with Gasteiger partial charge in [0.1, 0.15) is 0 Å². The molecule has 0 aliphatic carbocycles. The predicted molar refractivity (Wildman–Crippen MR) is 115 cm³/mol. The van der Waals surface area contributed by atoms with Crippen LogP contribution in [0.25, 0.3) is 0 Å². The summed E-state index contributed by atoms with van der Waals surface area (Å²) in [6.45, 7) is 9.90. The normalized spacial score (nSPS) is 27.4. The second-order valence-electron chi connectivity index (χ2n) is 9.15. The number of rotatable bonds is 9. The molecule has 0 radical (unpaired) electrons. The number of carbonyl (C=O) groups is 2. The van der Waals surface area contributed by atoms with Crippen molar-refractivity contribution in [3.8, 4) is 0 Å². The number of ether oxygens (including phenoxy) is 2. The van der Waals surface area contributed by atoms with Crippen LogP contribution in [0.3, 0.4) is 0 Å². The zero-order valence-corrected chi connectivity index (χ0v) is 19.1. The minimum absolute atomic E-state index is 0.0980. The van der Waals surface area contributed by atoms with Crippen LogP contribution in [0.15, 0.2) is 0 Å². The Labute approximate surface area is 181 Å². The highest BCUT2D eigenvalue weighted by atomic mass is 16.6. The maximum Gasteiger partial charge on any atom is 0.411 e. The molecule has 0 bridgehead atoms. The third kappa shape index (κ3) is 6.31. The SMILES string of the molecule is COC(=O)CCCN1CCN(C2OC(=O)N(CCCC3CCN(C)CC3)C2C)CC1. The Morgan fingerprint density at radius 1 is 1.07 bits per heavy atom. The van der Waals surface area contributed by atoms with E-state index < -0.39 is 0 Å². The van der Waals surface area contributed by atoms with Crippen molar-refractivity contribution in [3.05, 3.63) is 0 Å². The van der Waals surface area contributed by atoms with Gasteiger partial charge in [-0.25, -0.2) is 4.79 Å². The zero-order chi connectivity index (χ0) is 21.5. The van der Waals surface area contributed by atoms with E-state index >= 15 is 0 Å². The topological polar surface area (TPSA) is 65.6 Å². The molecule has 3 heterocycles. The van der Waals surface area contributed by atoms with Gasteiger partial charge in [0.25, 0.3) is 0 Å². The summed E-state index contributed by atoms with van der Waals surface area (Å²) in [4.78, 5) is 32.7. The Morgan fingerprint density at radius 2 is 1.77 bits per heavy atom. The molecule has 0 spiro atoms. The smallest absolute Gasteiger partial charge is 0.411 e. The molecule has 3 fully saturated rings. The first kappa shape index (κ1) is 23.3. The van der Waals surface area contributed by atoms with E-state index in [0.29, 0.717) is 6.42 Å². The molecule has 8 heteroatoms. The molecule has 3 saturated heterocycles. The maximum atomic E-state index is 12.5. The Kier molecular flexibility index (Phi) is 8.77. The molecule has 0 saturated carbocycles. The predicted octanol–water partition coefficient (Wildman–Crippen LogP) is 1.85. The quantitative estimate of drug-likeness (QED) is 0.523. The summed E-state index contributed by atoms with van der Waals surface area (Å²) >= 11 is 0. The fourth-order valence-electron chi connectivity index (χ4n) is 4.96. The first-order valence-corrected chi connectivity index (χ1v) is 11.7. The first-order valence-electron chi connectivity index (χ1n) is 11.7. The van der Waals surface area contributed by atoms with Crippen molar-refractivity contribution in [1.82, 2.24) is 19.6 Å². The first-order chi connectivity index (χ1) is 14.5. The van der Waals surface area contributed by atoms with Crippen molar-refractivity contribution in [2.24, 2.45) is 5.92 Å². The van der Waals surface area contributed by atoms with E-state index in [-0.39, 0.29) is 24.3 Å². The fourth-order valence-corrected chi connectivity index (χ4v) is 4.96. The van der Waals surface area contributed by atoms with Crippen LogP contribution < -0.4 is 0 Å². The van der Waals surface area contributed by atoms with Crippen LogP contribution in [0.5, 0.6) is 0 Å². The van der Waals surface area contributed by atoms with Crippen molar-refractivity contribution >= 4 is 12.1 Å². The van der Waals surface area contributed by atoms with Gasteiger partial charge in [0.15, 0.2) is 6.23 Å². The molecule has 3 rings (SSSR count). The molecule has 0 aromatic heterocycles. The Balaban J connectivity index is 1.36. The largest absolute Gasteiger partial charge is 0.469 e. The number of nitrogens with zero attached hydrogens (tertiary/aromatic N) is 4. The Morgan fingerprint density at radius 3 is 2.43 bits per heavy atom. The van der Waals surface area contributed by atoms with Gasteiger partial charge in [0.05, 0.1) is 13.2 Å². The average Bonchev–Trinajstić information content (AvgIpc) is 3.03. The van der Waals surface area contributed by atoms with Gasteiger partial charge in [0, 0.05) is 39.1 Å². The average molecular weight is 425 g/mol. The van der Waals surface area contributed by atoms with Gasteiger partial charge in [-0.1, -0.05) is 0 Å². The number of carbonyl (C=O) groups excluding carboxylic acids is 2. The molecule has 172 valence electrons. The van der Waals surface area contributed by atoms with E-state index in [0.717, 1.165) is 58.0 Å². The van der Waals surface area contributed by atoms with Crippen molar-refractivity contribution in [2.45, 2.75) is 57.7 Å². The highest BCUT2D eigenvalue weighted by Crippen LogP contribution is 2.26.